The molecule has 1 fully saturated rings. The lowest BCUT2D eigenvalue weighted by Gasteiger charge is -2.34. The van der Waals surface area contributed by atoms with Crippen LogP contribution in [-0.2, 0) is 4.79 Å². The Morgan fingerprint density at radius 1 is 1.14 bits per heavy atom. The summed E-state index contributed by atoms with van der Waals surface area (Å²) in [5.41, 5.74) is 6.94. The summed E-state index contributed by atoms with van der Waals surface area (Å²) in [7, 11) is 0. The third kappa shape index (κ3) is 4.46. The molecular formula is C16H24N4O2. The highest BCUT2D eigenvalue weighted by Gasteiger charge is 2.23. The van der Waals surface area contributed by atoms with Crippen molar-refractivity contribution in [2.45, 2.75) is 19.9 Å². The van der Waals surface area contributed by atoms with Crippen LogP contribution >= 0.6 is 0 Å². The summed E-state index contributed by atoms with van der Waals surface area (Å²) in [6.07, 6.45) is 0. The molecule has 1 heterocycles. The van der Waals surface area contributed by atoms with E-state index in [0.29, 0.717) is 44.0 Å². The Morgan fingerprint density at radius 3 is 2.27 bits per heavy atom. The van der Waals surface area contributed by atoms with Crippen LogP contribution in [0.3, 0.4) is 0 Å². The molecule has 3 N–H and O–H groups in total. The molecule has 0 unspecified atom stereocenters. The molecule has 6 nitrogen and oxygen atoms in total. The SMILES string of the molecule is CC(C)NC(=O)CN1CCN(C(=O)c2ccc(N)cc2)CC1. The lowest BCUT2D eigenvalue weighted by Crippen LogP contribution is -2.51. The second-order valence-electron chi connectivity index (χ2n) is 5.91. The first-order chi connectivity index (χ1) is 10.5. The van der Waals surface area contributed by atoms with Crippen LogP contribution in [-0.4, -0.2) is 60.4 Å². The molecule has 0 saturated carbocycles. The van der Waals surface area contributed by atoms with Crippen molar-refractivity contribution in [3.05, 3.63) is 29.8 Å². The number of nitrogens with one attached hydrogen (secondary N) is 1. The van der Waals surface area contributed by atoms with Gasteiger partial charge in [0.05, 0.1) is 6.54 Å². The molecule has 0 bridgehead atoms. The van der Waals surface area contributed by atoms with E-state index in [2.05, 4.69) is 10.2 Å². The van der Waals surface area contributed by atoms with Gasteiger partial charge in [-0.3, -0.25) is 14.5 Å². The molecule has 0 atom stereocenters. The summed E-state index contributed by atoms with van der Waals surface area (Å²) in [4.78, 5) is 28.0. The Bertz CT molecular complexity index is 519. The highest BCUT2D eigenvalue weighted by Crippen LogP contribution is 2.11. The van der Waals surface area contributed by atoms with Gasteiger partial charge in [0, 0.05) is 43.5 Å². The first-order valence-corrected chi connectivity index (χ1v) is 7.62. The van der Waals surface area contributed by atoms with Gasteiger partial charge in [0.1, 0.15) is 0 Å². The molecule has 22 heavy (non-hydrogen) atoms. The van der Waals surface area contributed by atoms with Crippen LogP contribution in [0.15, 0.2) is 24.3 Å². The van der Waals surface area contributed by atoms with Gasteiger partial charge in [0.2, 0.25) is 5.91 Å². The molecular weight excluding hydrogens is 280 g/mol. The van der Waals surface area contributed by atoms with E-state index in [1.54, 1.807) is 24.3 Å². The minimum absolute atomic E-state index is 0.0197. The summed E-state index contributed by atoms with van der Waals surface area (Å²) in [6.45, 7) is 6.99. The molecule has 2 amide bonds. The topological polar surface area (TPSA) is 78.7 Å². The number of amides is 2. The monoisotopic (exact) mass is 304 g/mol. The van der Waals surface area contributed by atoms with Crippen LogP contribution in [0.4, 0.5) is 5.69 Å². The minimum atomic E-state index is 0.0197. The summed E-state index contributed by atoms with van der Waals surface area (Å²) in [5.74, 6) is 0.0552. The zero-order chi connectivity index (χ0) is 16.1. The fraction of sp³-hybridized carbons (Fsp3) is 0.500. The van der Waals surface area contributed by atoms with Crippen molar-refractivity contribution in [1.29, 1.82) is 0 Å². The summed E-state index contributed by atoms with van der Waals surface area (Å²) in [6, 6.07) is 7.13. The number of anilines is 1. The Morgan fingerprint density at radius 2 is 1.73 bits per heavy atom. The summed E-state index contributed by atoms with van der Waals surface area (Å²) >= 11 is 0. The van der Waals surface area contributed by atoms with Gasteiger partial charge in [-0.05, 0) is 38.1 Å². The summed E-state index contributed by atoms with van der Waals surface area (Å²) in [5, 5.41) is 2.88. The number of benzene rings is 1. The minimum Gasteiger partial charge on any atom is -0.399 e. The highest BCUT2D eigenvalue weighted by atomic mass is 16.2. The van der Waals surface area contributed by atoms with Gasteiger partial charge in [0.25, 0.3) is 5.91 Å². The van der Waals surface area contributed by atoms with Crippen LogP contribution in [0.5, 0.6) is 0 Å². The Balaban J connectivity index is 1.83. The number of carbonyl (C=O) groups is 2. The summed E-state index contributed by atoms with van der Waals surface area (Å²) < 4.78 is 0. The Hall–Kier alpha value is -2.08. The smallest absolute Gasteiger partial charge is 0.253 e. The van der Waals surface area contributed by atoms with Crippen LogP contribution < -0.4 is 11.1 Å². The van der Waals surface area contributed by atoms with E-state index in [1.807, 2.05) is 18.7 Å². The highest BCUT2D eigenvalue weighted by molar-refractivity contribution is 5.94. The molecule has 1 aromatic rings. The first kappa shape index (κ1) is 16.3. The van der Waals surface area contributed by atoms with E-state index in [1.165, 1.54) is 0 Å². The molecule has 0 spiro atoms. The van der Waals surface area contributed by atoms with E-state index in [4.69, 9.17) is 5.73 Å². The Kier molecular flexibility index (Phi) is 5.38. The third-order valence-electron chi connectivity index (χ3n) is 3.63. The number of nitrogens with zero attached hydrogens (tertiary/aromatic N) is 2. The normalized spacial score (nSPS) is 15.9. The quantitative estimate of drug-likeness (QED) is 0.796. The Labute approximate surface area is 131 Å². The maximum Gasteiger partial charge on any atom is 0.253 e. The zero-order valence-corrected chi connectivity index (χ0v) is 13.2. The van der Waals surface area contributed by atoms with Crippen molar-refractivity contribution >= 4 is 17.5 Å². The van der Waals surface area contributed by atoms with Crippen molar-refractivity contribution in [2.75, 3.05) is 38.5 Å². The number of nitrogen functional groups attached to an aromatic ring is 1. The number of nitrogens with two attached hydrogens (primary N) is 1. The standard InChI is InChI=1S/C16H24N4O2/c1-12(2)18-15(21)11-19-7-9-20(10-8-19)16(22)13-3-5-14(17)6-4-13/h3-6,12H,7-11,17H2,1-2H3,(H,18,21). The molecule has 1 aliphatic heterocycles. The maximum atomic E-state index is 12.4. The fourth-order valence-electron chi connectivity index (χ4n) is 2.49. The van der Waals surface area contributed by atoms with Gasteiger partial charge in [-0.15, -0.1) is 0 Å². The van der Waals surface area contributed by atoms with E-state index in [9.17, 15) is 9.59 Å². The predicted octanol–water partition coefficient (Wildman–Crippen LogP) is 0.551. The van der Waals surface area contributed by atoms with E-state index >= 15 is 0 Å². The second kappa shape index (κ2) is 7.26. The number of rotatable bonds is 4. The number of hydrogen-bond acceptors (Lipinski definition) is 4. The average Bonchev–Trinajstić information content (AvgIpc) is 2.47. The maximum absolute atomic E-state index is 12.4. The third-order valence-corrected chi connectivity index (χ3v) is 3.63. The lowest BCUT2D eigenvalue weighted by molar-refractivity contribution is -0.123. The molecule has 120 valence electrons. The predicted molar refractivity (Wildman–Crippen MR) is 86.5 cm³/mol. The van der Waals surface area contributed by atoms with Crippen LogP contribution in [0.25, 0.3) is 0 Å². The van der Waals surface area contributed by atoms with E-state index in [0.717, 1.165) is 0 Å². The van der Waals surface area contributed by atoms with Gasteiger partial charge >= 0.3 is 0 Å². The number of piperazine rings is 1. The zero-order valence-electron chi connectivity index (χ0n) is 13.2. The molecule has 1 aliphatic rings. The van der Waals surface area contributed by atoms with Crippen molar-refractivity contribution in [3.63, 3.8) is 0 Å². The van der Waals surface area contributed by atoms with Crippen molar-refractivity contribution in [2.24, 2.45) is 0 Å². The van der Waals surface area contributed by atoms with Crippen LogP contribution in [0.1, 0.15) is 24.2 Å². The molecule has 0 aliphatic carbocycles. The molecule has 1 aromatic carbocycles. The molecule has 1 saturated heterocycles. The molecule has 2 rings (SSSR count). The van der Waals surface area contributed by atoms with Crippen molar-refractivity contribution in [1.82, 2.24) is 15.1 Å². The van der Waals surface area contributed by atoms with Gasteiger partial charge in [-0.2, -0.15) is 0 Å². The first-order valence-electron chi connectivity index (χ1n) is 7.62. The van der Waals surface area contributed by atoms with Crippen molar-refractivity contribution in [3.8, 4) is 0 Å². The van der Waals surface area contributed by atoms with Gasteiger partial charge in [-0.1, -0.05) is 0 Å². The van der Waals surface area contributed by atoms with Crippen molar-refractivity contribution < 1.29 is 9.59 Å². The van der Waals surface area contributed by atoms with Gasteiger partial charge in [0.15, 0.2) is 0 Å². The van der Waals surface area contributed by atoms with E-state index in [-0.39, 0.29) is 17.9 Å². The van der Waals surface area contributed by atoms with Gasteiger partial charge in [-0.25, -0.2) is 0 Å². The molecule has 0 aromatic heterocycles. The lowest BCUT2D eigenvalue weighted by atomic mass is 10.1. The van der Waals surface area contributed by atoms with Gasteiger partial charge < -0.3 is 16.0 Å². The van der Waals surface area contributed by atoms with Crippen LogP contribution in [0, 0.1) is 0 Å². The fourth-order valence-corrected chi connectivity index (χ4v) is 2.49. The largest absolute Gasteiger partial charge is 0.399 e. The molecule has 0 radical (unpaired) electrons. The number of hydrogen-bond donors (Lipinski definition) is 2. The average molecular weight is 304 g/mol. The van der Waals surface area contributed by atoms with E-state index < -0.39 is 0 Å². The second-order valence-corrected chi connectivity index (χ2v) is 5.91. The van der Waals surface area contributed by atoms with Crippen LogP contribution in [0.2, 0.25) is 0 Å². The molecule has 6 heteroatoms. The number of carbonyl (C=O) groups excluding carboxylic acids is 2.